The van der Waals surface area contributed by atoms with Crippen LogP contribution in [-0.2, 0) is 22.7 Å². The first kappa shape index (κ1) is 36.2. The molecule has 2 aliphatic rings. The van der Waals surface area contributed by atoms with Gasteiger partial charge in [0, 0.05) is 24.7 Å². The number of allylic oxidation sites excluding steroid dienone is 1. The summed E-state index contributed by atoms with van der Waals surface area (Å²) >= 11 is 0. The maximum Gasteiger partial charge on any atom is 0.323 e. The largest absolute Gasteiger partial charge is 0.488 e. The highest BCUT2D eigenvalue weighted by molar-refractivity contribution is 5.98. The van der Waals surface area contributed by atoms with E-state index in [9.17, 15) is 9.59 Å². The van der Waals surface area contributed by atoms with Gasteiger partial charge < -0.3 is 24.4 Å². The van der Waals surface area contributed by atoms with E-state index in [0.717, 1.165) is 80.2 Å². The normalized spacial score (nSPS) is 16.0. The third-order valence-electron chi connectivity index (χ3n) is 9.67. The molecule has 1 heterocycles. The smallest absolute Gasteiger partial charge is 0.323 e. The molecule has 0 spiro atoms. The van der Waals surface area contributed by atoms with Crippen molar-refractivity contribution in [3.05, 3.63) is 102 Å². The Bertz CT molecular complexity index is 1510. The molecule has 0 aromatic heterocycles. The highest BCUT2D eigenvalue weighted by Gasteiger charge is 2.29. The molecule has 0 radical (unpaired) electrons. The van der Waals surface area contributed by atoms with Crippen LogP contribution in [0.1, 0.15) is 99.2 Å². The van der Waals surface area contributed by atoms with E-state index >= 15 is 0 Å². The van der Waals surface area contributed by atoms with Crippen molar-refractivity contribution in [3.63, 3.8) is 0 Å². The Morgan fingerprint density at radius 3 is 1.96 bits per heavy atom. The zero-order valence-electron chi connectivity index (χ0n) is 29.6. The summed E-state index contributed by atoms with van der Waals surface area (Å²) in [6.45, 7) is 13.3. The van der Waals surface area contributed by atoms with Crippen molar-refractivity contribution in [1.29, 1.82) is 0 Å². The molecule has 0 unspecified atom stereocenters. The second-order valence-corrected chi connectivity index (χ2v) is 14.2. The molecule has 0 bridgehead atoms. The summed E-state index contributed by atoms with van der Waals surface area (Å²) in [5.74, 6) is 1.90. The Balaban J connectivity index is 1.22. The van der Waals surface area contributed by atoms with Gasteiger partial charge in [-0.25, -0.2) is 0 Å². The lowest BCUT2D eigenvalue weighted by Gasteiger charge is -2.33. The van der Waals surface area contributed by atoms with E-state index in [0.29, 0.717) is 55.2 Å². The fourth-order valence-electron chi connectivity index (χ4n) is 6.81. The number of rotatable bonds is 16. The van der Waals surface area contributed by atoms with E-state index in [-0.39, 0.29) is 24.0 Å². The fourth-order valence-corrected chi connectivity index (χ4v) is 6.81. The molecule has 1 N–H and O–H groups in total. The number of ether oxygens (including phenoxy) is 3. The summed E-state index contributed by atoms with van der Waals surface area (Å²) in [5.41, 5.74) is 4.22. The molecule has 262 valence electrons. The Morgan fingerprint density at radius 1 is 0.837 bits per heavy atom. The van der Waals surface area contributed by atoms with Gasteiger partial charge in [0.25, 0.3) is 5.91 Å². The van der Waals surface area contributed by atoms with Crippen LogP contribution in [0.15, 0.2) is 79.4 Å². The van der Waals surface area contributed by atoms with Crippen LogP contribution in [0.25, 0.3) is 5.57 Å². The molecule has 1 amide bonds. The van der Waals surface area contributed by atoms with Gasteiger partial charge in [-0.3, -0.25) is 9.59 Å². The minimum atomic E-state index is -0.265. The zero-order valence-corrected chi connectivity index (χ0v) is 29.6. The summed E-state index contributed by atoms with van der Waals surface area (Å²) in [4.78, 5) is 29.0. The van der Waals surface area contributed by atoms with Gasteiger partial charge in [-0.2, -0.15) is 0 Å². The number of nitrogens with zero attached hydrogens (tertiary/aromatic N) is 1. The maximum absolute atomic E-state index is 14.1. The first-order valence-corrected chi connectivity index (χ1v) is 18.2. The standard InChI is InChI=1S/C42H54N2O5/c1-30(2)25-38(42(46)49-35-17-11-12-18-35)43-22-19-32-20-23-44(24-21-32)41(45)37-26-36(31(3)4)39(47-28-33-13-7-5-8-14-33)27-40(37)48-29-34-15-9-6-10-16-34/h5-10,13-16,26-27,30,32,35,38,43H,3,11-12,17-25,28-29H2,1-2,4H3/t38-/m1/s1. The summed E-state index contributed by atoms with van der Waals surface area (Å²) < 4.78 is 18.5. The Kier molecular flexibility index (Phi) is 13.3. The first-order valence-electron chi connectivity index (χ1n) is 18.2. The summed E-state index contributed by atoms with van der Waals surface area (Å²) in [6, 6.07) is 23.5. The van der Waals surface area contributed by atoms with E-state index in [1.54, 1.807) is 0 Å². The molecule has 1 atom stereocenters. The number of carbonyl (C=O) groups is 2. The quantitative estimate of drug-likeness (QED) is 0.154. The van der Waals surface area contributed by atoms with Crippen molar-refractivity contribution in [3.8, 4) is 11.5 Å². The van der Waals surface area contributed by atoms with Crippen LogP contribution >= 0.6 is 0 Å². The zero-order chi connectivity index (χ0) is 34.6. The molecule has 1 saturated carbocycles. The van der Waals surface area contributed by atoms with Crippen LogP contribution in [0.5, 0.6) is 11.5 Å². The summed E-state index contributed by atoms with van der Waals surface area (Å²) in [6.07, 6.45) is 7.92. The molecule has 1 aliphatic carbocycles. The van der Waals surface area contributed by atoms with E-state index in [4.69, 9.17) is 14.2 Å². The maximum atomic E-state index is 14.1. The van der Waals surface area contributed by atoms with Crippen LogP contribution in [0.3, 0.4) is 0 Å². The predicted molar refractivity (Wildman–Crippen MR) is 196 cm³/mol. The molecule has 5 rings (SSSR count). The number of carbonyl (C=O) groups excluding carboxylic acids is 2. The number of hydrogen-bond acceptors (Lipinski definition) is 6. The van der Waals surface area contributed by atoms with Crippen LogP contribution in [0.2, 0.25) is 0 Å². The van der Waals surface area contributed by atoms with Gasteiger partial charge in [-0.1, -0.05) is 81.1 Å². The molecule has 7 heteroatoms. The number of piperidine rings is 1. The summed E-state index contributed by atoms with van der Waals surface area (Å²) in [5, 5.41) is 3.52. The minimum absolute atomic E-state index is 0.0385. The van der Waals surface area contributed by atoms with Gasteiger partial charge in [0.2, 0.25) is 0 Å². The van der Waals surface area contributed by atoms with Gasteiger partial charge >= 0.3 is 5.97 Å². The topological polar surface area (TPSA) is 77.1 Å². The van der Waals surface area contributed by atoms with Gasteiger partial charge in [0.05, 0.1) is 5.56 Å². The lowest BCUT2D eigenvalue weighted by Crippen LogP contribution is -2.42. The number of nitrogens with one attached hydrogen (secondary N) is 1. The molecule has 1 aliphatic heterocycles. The van der Waals surface area contributed by atoms with Gasteiger partial charge in [-0.05, 0) is 99.4 Å². The number of likely N-dealkylation sites (tertiary alicyclic amines) is 1. The lowest BCUT2D eigenvalue weighted by molar-refractivity contribution is -0.151. The van der Waals surface area contributed by atoms with Gasteiger partial charge in [0.15, 0.2) is 0 Å². The van der Waals surface area contributed by atoms with Crippen LogP contribution in [-0.4, -0.2) is 48.6 Å². The Morgan fingerprint density at radius 2 is 1.41 bits per heavy atom. The highest BCUT2D eigenvalue weighted by Crippen LogP contribution is 2.36. The fraction of sp³-hybridized carbons (Fsp3) is 0.476. The van der Waals surface area contributed by atoms with Gasteiger partial charge in [-0.15, -0.1) is 0 Å². The molecule has 1 saturated heterocycles. The number of benzene rings is 3. The Labute approximate surface area is 293 Å². The molecular weight excluding hydrogens is 612 g/mol. The van der Waals surface area contributed by atoms with Crippen molar-refractivity contribution in [2.24, 2.45) is 11.8 Å². The number of hydrogen-bond donors (Lipinski definition) is 1. The summed E-state index contributed by atoms with van der Waals surface area (Å²) in [7, 11) is 0. The Hall–Kier alpha value is -4.10. The van der Waals surface area contributed by atoms with Crippen molar-refractivity contribution in [1.82, 2.24) is 10.2 Å². The van der Waals surface area contributed by atoms with Crippen molar-refractivity contribution >= 4 is 17.4 Å². The second-order valence-electron chi connectivity index (χ2n) is 14.2. The van der Waals surface area contributed by atoms with E-state index in [2.05, 4.69) is 25.7 Å². The molecular formula is C42H54N2O5. The van der Waals surface area contributed by atoms with Crippen molar-refractivity contribution in [2.45, 2.75) is 97.5 Å². The minimum Gasteiger partial charge on any atom is -0.488 e. The average molecular weight is 667 g/mol. The third-order valence-corrected chi connectivity index (χ3v) is 9.67. The van der Waals surface area contributed by atoms with E-state index in [1.807, 2.05) is 84.6 Å². The molecule has 3 aromatic carbocycles. The van der Waals surface area contributed by atoms with Crippen LogP contribution < -0.4 is 14.8 Å². The predicted octanol–water partition coefficient (Wildman–Crippen LogP) is 8.61. The number of esters is 1. The third kappa shape index (κ3) is 10.7. The molecule has 2 fully saturated rings. The lowest BCUT2D eigenvalue weighted by atomic mass is 9.92. The SMILES string of the molecule is C=C(C)c1cc(C(=O)N2CCC(CCN[C@H](CC(C)C)C(=O)OC3CCCC3)CC2)c(OCc2ccccc2)cc1OCc1ccccc1. The van der Waals surface area contributed by atoms with Crippen molar-refractivity contribution < 1.29 is 23.8 Å². The van der Waals surface area contributed by atoms with Crippen molar-refractivity contribution in [2.75, 3.05) is 19.6 Å². The molecule has 3 aromatic rings. The highest BCUT2D eigenvalue weighted by atomic mass is 16.5. The average Bonchev–Trinajstić information content (AvgIpc) is 3.63. The second kappa shape index (κ2) is 18.1. The van der Waals surface area contributed by atoms with E-state index in [1.165, 1.54) is 0 Å². The molecule has 7 nitrogen and oxygen atoms in total. The van der Waals surface area contributed by atoms with E-state index < -0.39 is 0 Å². The van der Waals surface area contributed by atoms with Gasteiger partial charge in [0.1, 0.15) is 36.9 Å². The number of amides is 1. The monoisotopic (exact) mass is 666 g/mol. The molecule has 49 heavy (non-hydrogen) atoms. The van der Waals surface area contributed by atoms with Crippen LogP contribution in [0.4, 0.5) is 0 Å². The van der Waals surface area contributed by atoms with Crippen LogP contribution in [0, 0.1) is 11.8 Å². The first-order chi connectivity index (χ1) is 23.8.